The van der Waals surface area contributed by atoms with Gasteiger partial charge in [0.2, 0.25) is 10.7 Å². The molecule has 0 saturated heterocycles. The number of hydrogen-bond acceptors (Lipinski definition) is 3. The Balaban J connectivity index is 1.83. The molecule has 0 aliphatic rings. The van der Waals surface area contributed by atoms with E-state index in [4.69, 9.17) is 23.8 Å². The number of aromatic nitrogens is 4. The number of nitrogens with zero attached hydrogens (tertiary/aromatic N) is 4. The first kappa shape index (κ1) is 18.4. The van der Waals surface area contributed by atoms with Gasteiger partial charge in [0.05, 0.1) is 0 Å². The van der Waals surface area contributed by atoms with Crippen molar-refractivity contribution in [2.45, 2.75) is 33.2 Å². The highest BCUT2D eigenvalue weighted by molar-refractivity contribution is 7.71. The van der Waals surface area contributed by atoms with E-state index in [0.717, 1.165) is 24.2 Å². The van der Waals surface area contributed by atoms with E-state index in [1.807, 2.05) is 52.9 Å². The number of aryl methyl sites for hydroxylation is 2. The highest BCUT2D eigenvalue weighted by Gasteiger charge is 2.14. The average molecular weight is 390 g/mol. The lowest BCUT2D eigenvalue weighted by Crippen LogP contribution is -2.20. The minimum Gasteiger partial charge on any atom is -0.324 e. The molecule has 0 spiro atoms. The van der Waals surface area contributed by atoms with Crippen LogP contribution in [0.15, 0.2) is 42.7 Å². The number of hydrogen-bond donors (Lipinski definition) is 1. The molecule has 1 aromatic carbocycles. The molecule has 0 bridgehead atoms. The maximum Gasteiger partial charge on any atom is 0.246 e. The van der Waals surface area contributed by atoms with Crippen LogP contribution in [-0.2, 0) is 17.8 Å². The zero-order valence-electron chi connectivity index (χ0n) is 14.6. The van der Waals surface area contributed by atoms with Gasteiger partial charge in [0.25, 0.3) is 0 Å². The molecule has 6 nitrogen and oxygen atoms in total. The van der Waals surface area contributed by atoms with Crippen LogP contribution in [-0.4, -0.2) is 25.0 Å². The third-order valence-electron chi connectivity index (χ3n) is 3.92. The molecule has 0 atom stereocenters. The molecule has 136 valence electrons. The van der Waals surface area contributed by atoms with Crippen molar-refractivity contribution in [1.82, 2.24) is 19.1 Å². The van der Waals surface area contributed by atoms with Crippen molar-refractivity contribution >= 4 is 35.4 Å². The number of carbonyl (C=O) groups is 1. The smallest absolute Gasteiger partial charge is 0.246 e. The molecule has 0 aliphatic heterocycles. The van der Waals surface area contributed by atoms with Gasteiger partial charge in [0, 0.05) is 29.5 Å². The van der Waals surface area contributed by atoms with E-state index in [-0.39, 0.29) is 12.5 Å². The van der Waals surface area contributed by atoms with Crippen molar-refractivity contribution < 1.29 is 4.79 Å². The van der Waals surface area contributed by atoms with Crippen LogP contribution >= 0.6 is 23.8 Å². The molecule has 8 heteroatoms. The normalized spacial score (nSPS) is 10.9. The van der Waals surface area contributed by atoms with Crippen LogP contribution in [0.3, 0.4) is 0 Å². The fraction of sp³-hybridized carbons (Fsp3) is 0.278. The van der Waals surface area contributed by atoms with Crippen LogP contribution in [0.1, 0.15) is 24.7 Å². The van der Waals surface area contributed by atoms with Gasteiger partial charge in [-0.05, 0) is 55.4 Å². The Morgan fingerprint density at radius 3 is 2.69 bits per heavy atom. The van der Waals surface area contributed by atoms with Crippen molar-refractivity contribution in [3.63, 3.8) is 0 Å². The average Bonchev–Trinajstić information content (AvgIpc) is 3.20. The molecule has 2 aromatic heterocycles. The summed E-state index contributed by atoms with van der Waals surface area (Å²) in [6.45, 7) is 4.03. The van der Waals surface area contributed by atoms with E-state index < -0.39 is 0 Å². The summed E-state index contributed by atoms with van der Waals surface area (Å²) in [6.07, 6.45) is 5.50. The summed E-state index contributed by atoms with van der Waals surface area (Å²) < 4.78 is 5.73. The number of amides is 1. The predicted molar refractivity (Wildman–Crippen MR) is 105 cm³/mol. The van der Waals surface area contributed by atoms with E-state index in [9.17, 15) is 4.79 Å². The monoisotopic (exact) mass is 389 g/mol. The second-order valence-corrected chi connectivity index (χ2v) is 6.77. The summed E-state index contributed by atoms with van der Waals surface area (Å²) in [4.78, 5) is 12.4. The molecule has 2 heterocycles. The van der Waals surface area contributed by atoms with Gasteiger partial charge in [-0.15, -0.1) is 0 Å². The number of nitrogens with one attached hydrogen (secondary N) is 1. The van der Waals surface area contributed by atoms with Gasteiger partial charge >= 0.3 is 0 Å². The van der Waals surface area contributed by atoms with E-state index >= 15 is 0 Å². The Morgan fingerprint density at radius 2 is 2.04 bits per heavy atom. The van der Waals surface area contributed by atoms with E-state index in [1.54, 1.807) is 10.7 Å². The fourth-order valence-corrected chi connectivity index (χ4v) is 3.11. The quantitative estimate of drug-likeness (QED) is 0.646. The van der Waals surface area contributed by atoms with Crippen LogP contribution < -0.4 is 5.32 Å². The lowest BCUT2D eigenvalue weighted by molar-refractivity contribution is -0.116. The first-order valence-corrected chi connectivity index (χ1v) is 9.16. The van der Waals surface area contributed by atoms with Gasteiger partial charge in [-0.2, -0.15) is 5.10 Å². The molecule has 3 rings (SSSR count). The summed E-state index contributed by atoms with van der Waals surface area (Å²) >= 11 is 11.6. The van der Waals surface area contributed by atoms with Gasteiger partial charge in [-0.3, -0.25) is 9.47 Å². The van der Waals surface area contributed by atoms with Gasteiger partial charge in [-0.1, -0.05) is 24.6 Å². The third kappa shape index (κ3) is 3.89. The Labute approximate surface area is 162 Å². The Bertz CT molecular complexity index is 974. The molecule has 26 heavy (non-hydrogen) atoms. The number of benzene rings is 1. The van der Waals surface area contributed by atoms with E-state index in [1.165, 1.54) is 0 Å². The van der Waals surface area contributed by atoms with Crippen LogP contribution in [0, 0.1) is 11.7 Å². The first-order valence-electron chi connectivity index (χ1n) is 8.38. The van der Waals surface area contributed by atoms with Crippen molar-refractivity contribution in [2.24, 2.45) is 0 Å². The standard InChI is InChI=1S/C18H20ClN5OS/c1-3-6-16-21-23(18(26)24(16)22-9-4-5-10-22)12-17(25)20-14-8-7-13(2)15(19)11-14/h4-5,7-11H,3,6,12H2,1-2H3,(H,20,25). The zero-order valence-corrected chi connectivity index (χ0v) is 16.2. The predicted octanol–water partition coefficient (Wildman–Crippen LogP) is 4.08. The van der Waals surface area contributed by atoms with Crippen LogP contribution in [0.2, 0.25) is 5.02 Å². The highest BCUT2D eigenvalue weighted by Crippen LogP contribution is 2.20. The largest absolute Gasteiger partial charge is 0.324 e. The topological polar surface area (TPSA) is 56.8 Å². The first-order chi connectivity index (χ1) is 12.5. The Morgan fingerprint density at radius 1 is 1.31 bits per heavy atom. The second kappa shape index (κ2) is 7.88. The van der Waals surface area contributed by atoms with E-state index in [2.05, 4.69) is 17.3 Å². The highest BCUT2D eigenvalue weighted by atomic mass is 35.5. The van der Waals surface area contributed by atoms with Gasteiger partial charge in [0.1, 0.15) is 6.54 Å². The zero-order chi connectivity index (χ0) is 18.7. The molecule has 0 radical (unpaired) electrons. The maximum atomic E-state index is 12.4. The summed E-state index contributed by atoms with van der Waals surface area (Å²) in [5, 5.41) is 7.98. The van der Waals surface area contributed by atoms with E-state index in [0.29, 0.717) is 15.5 Å². The lowest BCUT2D eigenvalue weighted by Gasteiger charge is -2.07. The number of rotatable bonds is 6. The molecule has 3 aromatic rings. The van der Waals surface area contributed by atoms with Crippen LogP contribution in [0.25, 0.3) is 0 Å². The summed E-state index contributed by atoms with van der Waals surface area (Å²) in [5.41, 5.74) is 1.61. The third-order valence-corrected chi connectivity index (χ3v) is 4.72. The molecule has 0 fully saturated rings. The number of halogens is 1. The summed E-state index contributed by atoms with van der Waals surface area (Å²) in [6, 6.07) is 9.25. The Kier molecular flexibility index (Phi) is 5.58. The van der Waals surface area contributed by atoms with Gasteiger partial charge in [-0.25, -0.2) is 9.36 Å². The van der Waals surface area contributed by atoms with Crippen molar-refractivity contribution in [1.29, 1.82) is 0 Å². The summed E-state index contributed by atoms with van der Waals surface area (Å²) in [7, 11) is 0. The molecule has 0 unspecified atom stereocenters. The van der Waals surface area contributed by atoms with Gasteiger partial charge in [0.15, 0.2) is 5.82 Å². The molecule has 0 aliphatic carbocycles. The van der Waals surface area contributed by atoms with Crippen LogP contribution in [0.4, 0.5) is 5.69 Å². The molecule has 1 N–H and O–H groups in total. The van der Waals surface area contributed by atoms with Crippen LogP contribution in [0.5, 0.6) is 0 Å². The molecule has 1 amide bonds. The summed E-state index contributed by atoms with van der Waals surface area (Å²) in [5.74, 6) is 0.612. The second-order valence-electron chi connectivity index (χ2n) is 5.99. The molecular weight excluding hydrogens is 370 g/mol. The molecular formula is C18H20ClN5OS. The van der Waals surface area contributed by atoms with Crippen molar-refractivity contribution in [2.75, 3.05) is 5.32 Å². The fourth-order valence-electron chi connectivity index (χ4n) is 2.62. The SMILES string of the molecule is CCCc1nn(CC(=O)Nc2ccc(C)c(Cl)c2)c(=S)n1-n1cccc1. The Hall–Kier alpha value is -2.38. The minimum absolute atomic E-state index is 0.0370. The minimum atomic E-state index is -0.207. The number of carbonyl (C=O) groups excluding carboxylic acids is 1. The molecule has 0 saturated carbocycles. The lowest BCUT2D eigenvalue weighted by atomic mass is 10.2. The maximum absolute atomic E-state index is 12.4. The van der Waals surface area contributed by atoms with Gasteiger partial charge < -0.3 is 5.32 Å². The number of anilines is 1. The van der Waals surface area contributed by atoms with Crippen molar-refractivity contribution in [3.05, 3.63) is 63.9 Å². The van der Waals surface area contributed by atoms with Crippen molar-refractivity contribution in [3.8, 4) is 0 Å².